The lowest BCUT2D eigenvalue weighted by molar-refractivity contribution is 0.108. The molecule has 0 heterocycles. The van der Waals surface area contributed by atoms with E-state index < -0.39 is 5.24 Å². The Morgan fingerprint density at radius 1 is 0.842 bits per heavy atom. The van der Waals surface area contributed by atoms with Gasteiger partial charge in [-0.3, -0.25) is 4.79 Å². The van der Waals surface area contributed by atoms with E-state index in [0.717, 1.165) is 0 Å². The molecular formula is C13H5Cl5O. The Kier molecular flexibility index (Phi) is 4.65. The molecule has 2 rings (SSSR count). The minimum absolute atomic E-state index is 0.245. The third-order valence-corrected chi connectivity index (χ3v) is 3.94. The smallest absolute Gasteiger partial charge is 0.253 e. The number of benzene rings is 2. The lowest BCUT2D eigenvalue weighted by Gasteiger charge is -2.10. The number of carbonyl (C=O) groups is 1. The second kappa shape index (κ2) is 5.90. The zero-order valence-corrected chi connectivity index (χ0v) is 13.0. The predicted octanol–water partition coefficient (Wildman–Crippen LogP) is 6.35. The zero-order chi connectivity index (χ0) is 14.2. The van der Waals surface area contributed by atoms with Crippen LogP contribution in [0.5, 0.6) is 0 Å². The summed E-state index contributed by atoms with van der Waals surface area (Å²) in [7, 11) is 0. The third-order valence-electron chi connectivity index (χ3n) is 2.48. The van der Waals surface area contributed by atoms with E-state index in [-0.39, 0.29) is 5.56 Å². The summed E-state index contributed by atoms with van der Waals surface area (Å²) in [5.74, 6) is 0. The second-order valence-electron chi connectivity index (χ2n) is 3.71. The van der Waals surface area contributed by atoms with Crippen molar-refractivity contribution in [2.45, 2.75) is 0 Å². The minimum atomic E-state index is -0.635. The summed E-state index contributed by atoms with van der Waals surface area (Å²) in [6, 6.07) is 7.88. The molecule has 6 heteroatoms. The van der Waals surface area contributed by atoms with Gasteiger partial charge in [0.05, 0.1) is 10.0 Å². The van der Waals surface area contributed by atoms with Crippen LogP contribution in [0.15, 0.2) is 30.3 Å². The maximum Gasteiger partial charge on any atom is 0.253 e. The first kappa shape index (κ1) is 15.0. The van der Waals surface area contributed by atoms with Gasteiger partial charge in [-0.25, -0.2) is 0 Å². The van der Waals surface area contributed by atoms with Crippen molar-refractivity contribution in [1.29, 1.82) is 0 Å². The lowest BCUT2D eigenvalue weighted by Crippen LogP contribution is -1.94. The molecule has 1 nitrogen and oxygen atoms in total. The zero-order valence-electron chi connectivity index (χ0n) is 9.18. The SMILES string of the molecule is O=C(Cl)c1cc(Cl)ccc1-c1cc(Cl)cc(Cl)c1Cl. The van der Waals surface area contributed by atoms with Crippen LogP contribution >= 0.6 is 58.0 Å². The Morgan fingerprint density at radius 2 is 1.53 bits per heavy atom. The van der Waals surface area contributed by atoms with Gasteiger partial charge < -0.3 is 0 Å². The highest BCUT2D eigenvalue weighted by molar-refractivity contribution is 6.68. The highest BCUT2D eigenvalue weighted by Crippen LogP contribution is 2.38. The van der Waals surface area contributed by atoms with Gasteiger partial charge in [-0.1, -0.05) is 52.5 Å². The first-order valence-electron chi connectivity index (χ1n) is 5.04. The van der Waals surface area contributed by atoms with Crippen molar-refractivity contribution < 1.29 is 4.79 Å². The molecule has 0 atom stereocenters. The highest BCUT2D eigenvalue weighted by Gasteiger charge is 2.16. The average molecular weight is 354 g/mol. The fourth-order valence-corrected chi connectivity index (χ4v) is 2.70. The first-order valence-corrected chi connectivity index (χ1v) is 6.93. The predicted molar refractivity (Wildman–Crippen MR) is 82.1 cm³/mol. The van der Waals surface area contributed by atoms with Crippen LogP contribution in [0.4, 0.5) is 0 Å². The topological polar surface area (TPSA) is 17.1 Å². The normalized spacial score (nSPS) is 10.6. The van der Waals surface area contributed by atoms with Crippen molar-refractivity contribution in [3.63, 3.8) is 0 Å². The second-order valence-corrected chi connectivity index (χ2v) is 5.71. The summed E-state index contributed by atoms with van der Waals surface area (Å²) in [5.41, 5.74) is 1.30. The third kappa shape index (κ3) is 3.18. The molecule has 2 aromatic rings. The van der Waals surface area contributed by atoms with Gasteiger partial charge >= 0.3 is 0 Å². The molecule has 19 heavy (non-hydrogen) atoms. The number of rotatable bonds is 2. The number of hydrogen-bond acceptors (Lipinski definition) is 1. The van der Waals surface area contributed by atoms with Crippen LogP contribution in [0.25, 0.3) is 11.1 Å². The average Bonchev–Trinajstić information content (AvgIpc) is 2.34. The Bertz CT molecular complexity index is 666. The van der Waals surface area contributed by atoms with Gasteiger partial charge in [-0.05, 0) is 41.4 Å². The molecule has 0 bridgehead atoms. The van der Waals surface area contributed by atoms with Crippen LogP contribution in [-0.4, -0.2) is 5.24 Å². The maximum atomic E-state index is 11.5. The van der Waals surface area contributed by atoms with Gasteiger partial charge in [0, 0.05) is 21.2 Å². The molecule has 0 aliphatic rings. The molecule has 0 radical (unpaired) electrons. The Morgan fingerprint density at radius 3 is 2.16 bits per heavy atom. The van der Waals surface area contributed by atoms with E-state index in [1.165, 1.54) is 12.1 Å². The van der Waals surface area contributed by atoms with Crippen LogP contribution in [0, 0.1) is 0 Å². The van der Waals surface area contributed by atoms with Gasteiger partial charge in [0.25, 0.3) is 5.24 Å². The van der Waals surface area contributed by atoms with Crippen molar-refractivity contribution >= 4 is 63.2 Å². The molecule has 0 aliphatic heterocycles. The summed E-state index contributed by atoms with van der Waals surface area (Å²) >= 11 is 29.5. The molecule has 98 valence electrons. The van der Waals surface area contributed by atoms with Crippen molar-refractivity contribution in [3.8, 4) is 11.1 Å². The van der Waals surface area contributed by atoms with E-state index in [0.29, 0.717) is 31.2 Å². The van der Waals surface area contributed by atoms with Gasteiger partial charge in [0.1, 0.15) is 0 Å². The van der Waals surface area contributed by atoms with Crippen molar-refractivity contribution in [3.05, 3.63) is 56.0 Å². The molecule has 0 spiro atoms. The molecule has 0 aromatic heterocycles. The fraction of sp³-hybridized carbons (Fsp3) is 0. The van der Waals surface area contributed by atoms with Crippen molar-refractivity contribution in [2.75, 3.05) is 0 Å². The molecule has 0 unspecified atom stereocenters. The van der Waals surface area contributed by atoms with Crippen LogP contribution in [0.2, 0.25) is 20.1 Å². The number of carbonyl (C=O) groups excluding carboxylic acids is 1. The van der Waals surface area contributed by atoms with Gasteiger partial charge in [-0.2, -0.15) is 0 Å². The van der Waals surface area contributed by atoms with E-state index in [9.17, 15) is 4.79 Å². The molecular weight excluding hydrogens is 349 g/mol. The molecule has 0 saturated heterocycles. The van der Waals surface area contributed by atoms with E-state index >= 15 is 0 Å². The highest BCUT2D eigenvalue weighted by atomic mass is 35.5. The number of hydrogen-bond donors (Lipinski definition) is 0. The van der Waals surface area contributed by atoms with Crippen LogP contribution in [-0.2, 0) is 0 Å². The largest absolute Gasteiger partial charge is 0.276 e. The van der Waals surface area contributed by atoms with Crippen molar-refractivity contribution in [1.82, 2.24) is 0 Å². The van der Waals surface area contributed by atoms with E-state index in [1.807, 2.05) is 0 Å². The summed E-state index contributed by atoms with van der Waals surface area (Å²) in [5, 5.41) is 0.772. The van der Waals surface area contributed by atoms with E-state index in [4.69, 9.17) is 58.0 Å². The molecule has 2 aromatic carbocycles. The van der Waals surface area contributed by atoms with Crippen LogP contribution in [0.1, 0.15) is 10.4 Å². The van der Waals surface area contributed by atoms with Crippen LogP contribution in [0.3, 0.4) is 0 Å². The van der Waals surface area contributed by atoms with E-state index in [2.05, 4.69) is 0 Å². The summed E-state index contributed by atoms with van der Waals surface area (Å²) in [6.45, 7) is 0. The monoisotopic (exact) mass is 352 g/mol. The minimum Gasteiger partial charge on any atom is -0.276 e. The van der Waals surface area contributed by atoms with Gasteiger partial charge in [0.2, 0.25) is 0 Å². The van der Waals surface area contributed by atoms with Crippen LogP contribution < -0.4 is 0 Å². The summed E-state index contributed by atoms with van der Waals surface area (Å²) < 4.78 is 0. The molecule has 0 aliphatic carbocycles. The molecule has 0 fully saturated rings. The fourth-order valence-electron chi connectivity index (χ4n) is 1.67. The quantitative estimate of drug-likeness (QED) is 0.454. The Hall–Kier alpha value is -0.440. The molecule has 0 saturated carbocycles. The Labute approximate surface area is 135 Å². The van der Waals surface area contributed by atoms with Crippen molar-refractivity contribution in [2.24, 2.45) is 0 Å². The molecule has 0 amide bonds. The van der Waals surface area contributed by atoms with E-state index in [1.54, 1.807) is 18.2 Å². The summed E-state index contributed by atoms with van der Waals surface area (Å²) in [6.07, 6.45) is 0. The Balaban J connectivity index is 2.75. The van der Waals surface area contributed by atoms with Gasteiger partial charge in [-0.15, -0.1) is 0 Å². The number of halogens is 5. The molecule has 0 N–H and O–H groups in total. The van der Waals surface area contributed by atoms with Gasteiger partial charge in [0.15, 0.2) is 0 Å². The summed E-state index contributed by atoms with van der Waals surface area (Å²) in [4.78, 5) is 11.5. The maximum absolute atomic E-state index is 11.5. The standard InChI is InChI=1S/C13H5Cl5O/c14-6-1-2-8(10(3-6)13(18)19)9-4-7(15)5-11(16)12(9)17/h1-5H. The lowest BCUT2D eigenvalue weighted by atomic mass is 10.0. The first-order chi connectivity index (χ1) is 8.90.